The third kappa shape index (κ3) is 4.70. The molecular weight excluding hydrogens is 382 g/mol. The van der Waals surface area contributed by atoms with Crippen LogP contribution in [0.15, 0.2) is 52.7 Å². The summed E-state index contributed by atoms with van der Waals surface area (Å²) in [6.45, 7) is 0. The third-order valence-corrected chi connectivity index (χ3v) is 3.62. The number of rotatable bonds is 5. The molecule has 9 nitrogen and oxygen atoms in total. The molecule has 150 valence electrons. The molecule has 0 aliphatic carbocycles. The van der Waals surface area contributed by atoms with E-state index < -0.39 is 23.8 Å². The van der Waals surface area contributed by atoms with Gasteiger partial charge in [0, 0.05) is 5.56 Å². The van der Waals surface area contributed by atoms with Gasteiger partial charge in [-0.15, -0.1) is 0 Å². The van der Waals surface area contributed by atoms with E-state index in [4.69, 9.17) is 23.0 Å². The van der Waals surface area contributed by atoms with Gasteiger partial charge >= 0.3 is 6.18 Å². The van der Waals surface area contributed by atoms with Crippen LogP contribution in [-0.4, -0.2) is 12.2 Å². The van der Waals surface area contributed by atoms with Crippen LogP contribution >= 0.6 is 0 Å². The summed E-state index contributed by atoms with van der Waals surface area (Å²) in [7, 11) is 0. The van der Waals surface area contributed by atoms with Crippen LogP contribution in [0.1, 0.15) is 5.56 Å². The van der Waals surface area contributed by atoms with E-state index in [-0.39, 0.29) is 22.8 Å². The van der Waals surface area contributed by atoms with E-state index in [2.05, 4.69) is 21.1 Å². The van der Waals surface area contributed by atoms with E-state index >= 15 is 0 Å². The molecule has 2 rings (SSSR count). The molecule has 0 saturated heterocycles. The van der Waals surface area contributed by atoms with Gasteiger partial charge in [-0.1, -0.05) is 29.5 Å². The molecule has 0 aromatic heterocycles. The van der Waals surface area contributed by atoms with Gasteiger partial charge in [0.1, 0.15) is 5.82 Å². The van der Waals surface area contributed by atoms with Crippen LogP contribution < -0.4 is 33.3 Å². The van der Waals surface area contributed by atoms with Crippen molar-refractivity contribution in [1.82, 2.24) is 10.9 Å². The van der Waals surface area contributed by atoms with E-state index in [0.717, 1.165) is 23.2 Å². The summed E-state index contributed by atoms with van der Waals surface area (Å²) < 4.78 is 54.7. The van der Waals surface area contributed by atoms with Crippen LogP contribution in [0.4, 0.5) is 23.2 Å². The van der Waals surface area contributed by atoms with Gasteiger partial charge in [0.25, 0.3) is 0 Å². The van der Waals surface area contributed by atoms with E-state index in [1.165, 1.54) is 24.3 Å². The summed E-state index contributed by atoms with van der Waals surface area (Å²) in [5.74, 6) is 9.86. The van der Waals surface area contributed by atoms with E-state index in [1.54, 1.807) is 0 Å². The molecule has 0 aliphatic heterocycles. The standard InChI is InChI=1S/C15H17F4N9/c16-12-4-2-1-3-10(12)9-6-5-8(7-11(9)15(17,18)19)28(23)13(20)24-14(25-21)26-27-22/h1-7,13H,20-21,23H2,(H3,22,24,25,26). The molecule has 2 aromatic carbocycles. The average Bonchev–Trinajstić information content (AvgIpc) is 2.66. The molecule has 0 aliphatic rings. The number of hydrogen-bond acceptors (Lipinski definition) is 7. The van der Waals surface area contributed by atoms with Crippen molar-refractivity contribution in [2.75, 3.05) is 5.01 Å². The van der Waals surface area contributed by atoms with Crippen molar-refractivity contribution >= 4 is 11.6 Å². The zero-order valence-electron chi connectivity index (χ0n) is 14.2. The Morgan fingerprint density at radius 3 is 2.39 bits per heavy atom. The molecule has 1 unspecified atom stereocenters. The Morgan fingerprint density at radius 2 is 1.82 bits per heavy atom. The summed E-state index contributed by atoms with van der Waals surface area (Å²) in [5.41, 5.74) is 14.7. The number of nitrogens with one attached hydrogen (secondary N) is 3. The molecule has 0 spiro atoms. The number of anilines is 1. The molecule has 0 saturated carbocycles. The van der Waals surface area contributed by atoms with E-state index in [1.807, 2.05) is 0 Å². The Labute approximate surface area is 156 Å². The minimum atomic E-state index is -4.78. The third-order valence-electron chi connectivity index (χ3n) is 3.62. The SMILES string of the molecule is N=NN/C(=N/C(N)N(N)c1ccc(-c2ccccc2F)c(C(F)(F)F)c1)NN. The van der Waals surface area contributed by atoms with Gasteiger partial charge in [-0.2, -0.15) is 18.7 Å². The van der Waals surface area contributed by atoms with Crippen LogP contribution in [0.5, 0.6) is 0 Å². The number of guanidine groups is 1. The summed E-state index contributed by atoms with van der Waals surface area (Å²) in [4.78, 5) is 3.74. The van der Waals surface area contributed by atoms with Gasteiger partial charge in [0.05, 0.1) is 11.3 Å². The molecular formula is C15H17F4N9. The zero-order valence-corrected chi connectivity index (χ0v) is 14.2. The fourth-order valence-electron chi connectivity index (χ4n) is 2.34. The summed E-state index contributed by atoms with van der Waals surface area (Å²) >= 11 is 0. The number of alkyl halides is 3. The first-order chi connectivity index (χ1) is 13.2. The minimum Gasteiger partial charge on any atom is -0.293 e. The number of halogens is 4. The highest BCUT2D eigenvalue weighted by Crippen LogP contribution is 2.39. The van der Waals surface area contributed by atoms with Gasteiger partial charge in [0.2, 0.25) is 5.96 Å². The lowest BCUT2D eigenvalue weighted by molar-refractivity contribution is -0.137. The summed E-state index contributed by atoms with van der Waals surface area (Å²) in [5, 5.41) is 3.56. The van der Waals surface area contributed by atoms with Crippen LogP contribution in [0, 0.1) is 11.3 Å². The predicted molar refractivity (Wildman–Crippen MR) is 94.5 cm³/mol. The van der Waals surface area contributed by atoms with Gasteiger partial charge in [-0.05, 0) is 23.8 Å². The topological polar surface area (TPSA) is 154 Å². The monoisotopic (exact) mass is 399 g/mol. The smallest absolute Gasteiger partial charge is 0.293 e. The second kappa shape index (κ2) is 8.60. The maximum absolute atomic E-state index is 14.0. The fraction of sp³-hybridized carbons (Fsp3) is 0.133. The van der Waals surface area contributed by atoms with Crippen molar-refractivity contribution in [3.05, 3.63) is 53.8 Å². The Bertz CT molecular complexity index is 869. The van der Waals surface area contributed by atoms with Gasteiger partial charge in [-0.25, -0.2) is 26.5 Å². The number of nitrogens with zero attached hydrogens (tertiary/aromatic N) is 3. The highest BCUT2D eigenvalue weighted by Gasteiger charge is 2.35. The second-order valence-corrected chi connectivity index (χ2v) is 5.37. The Balaban J connectivity index is 2.48. The Morgan fingerprint density at radius 1 is 1.14 bits per heavy atom. The second-order valence-electron chi connectivity index (χ2n) is 5.37. The zero-order chi connectivity index (χ0) is 20.9. The minimum absolute atomic E-state index is 0.136. The molecule has 0 bridgehead atoms. The number of benzene rings is 2. The first kappa shape index (κ1) is 21.0. The quantitative estimate of drug-likeness (QED) is 0.0857. The van der Waals surface area contributed by atoms with Crippen molar-refractivity contribution in [2.24, 2.45) is 27.6 Å². The maximum atomic E-state index is 14.0. The van der Waals surface area contributed by atoms with Crippen molar-refractivity contribution in [1.29, 1.82) is 5.53 Å². The Kier molecular flexibility index (Phi) is 6.45. The maximum Gasteiger partial charge on any atom is 0.417 e. The average molecular weight is 399 g/mol. The Hall–Kier alpha value is -3.29. The lowest BCUT2D eigenvalue weighted by Crippen LogP contribution is -2.49. The van der Waals surface area contributed by atoms with Crippen LogP contribution in [-0.2, 0) is 6.18 Å². The van der Waals surface area contributed by atoms with Crippen molar-refractivity contribution in [2.45, 2.75) is 12.5 Å². The van der Waals surface area contributed by atoms with Crippen molar-refractivity contribution < 1.29 is 17.6 Å². The first-order valence-corrected chi connectivity index (χ1v) is 7.61. The molecule has 2 aromatic rings. The molecule has 0 fully saturated rings. The molecule has 9 N–H and O–H groups in total. The van der Waals surface area contributed by atoms with Crippen molar-refractivity contribution in [3.8, 4) is 11.1 Å². The van der Waals surface area contributed by atoms with Gasteiger partial charge in [0.15, 0.2) is 6.29 Å². The van der Waals surface area contributed by atoms with Crippen LogP contribution in [0.3, 0.4) is 0 Å². The van der Waals surface area contributed by atoms with E-state index in [0.29, 0.717) is 0 Å². The number of aliphatic imine (C=N–C) groups is 1. The molecule has 1 atom stereocenters. The normalized spacial score (nSPS) is 13.0. The highest BCUT2D eigenvalue weighted by molar-refractivity contribution is 5.79. The number of hydrazine groups is 2. The summed E-state index contributed by atoms with van der Waals surface area (Å²) in [6, 6.07) is 8.17. The molecule has 0 heterocycles. The summed E-state index contributed by atoms with van der Waals surface area (Å²) in [6.07, 6.45) is -6.15. The highest BCUT2D eigenvalue weighted by atomic mass is 19.4. The predicted octanol–water partition coefficient (Wildman–Crippen LogP) is 1.79. The molecule has 0 radical (unpaired) electrons. The van der Waals surface area contributed by atoms with Crippen LogP contribution in [0.2, 0.25) is 0 Å². The van der Waals surface area contributed by atoms with Crippen LogP contribution in [0.25, 0.3) is 11.1 Å². The largest absolute Gasteiger partial charge is 0.417 e. The van der Waals surface area contributed by atoms with Gasteiger partial charge in [-0.3, -0.25) is 16.2 Å². The number of hydrogen-bond donors (Lipinski definition) is 6. The molecule has 13 heteroatoms. The lowest BCUT2D eigenvalue weighted by Gasteiger charge is -2.25. The number of nitrogens with two attached hydrogens (primary N) is 3. The van der Waals surface area contributed by atoms with Crippen molar-refractivity contribution in [3.63, 3.8) is 0 Å². The fourth-order valence-corrected chi connectivity index (χ4v) is 2.34. The van der Waals surface area contributed by atoms with Gasteiger partial charge < -0.3 is 0 Å². The van der Waals surface area contributed by atoms with E-state index in [9.17, 15) is 17.6 Å². The molecule has 0 amide bonds. The molecule has 28 heavy (non-hydrogen) atoms. The first-order valence-electron chi connectivity index (χ1n) is 7.61. The lowest BCUT2D eigenvalue weighted by atomic mass is 9.98.